The van der Waals surface area contributed by atoms with Crippen molar-refractivity contribution in [3.63, 3.8) is 0 Å². The molecule has 16 heteroatoms. The summed E-state index contributed by atoms with van der Waals surface area (Å²) in [6, 6.07) is -0.759. The van der Waals surface area contributed by atoms with Crippen molar-refractivity contribution < 1.29 is 52.7 Å². The number of carboxylic acids is 1. The van der Waals surface area contributed by atoms with Gasteiger partial charge >= 0.3 is 5.97 Å². The van der Waals surface area contributed by atoms with Crippen molar-refractivity contribution in [2.75, 3.05) is 105 Å². The number of carbonyl (C=O) groups excluding carboxylic acids is 3. The van der Waals surface area contributed by atoms with E-state index in [1.165, 1.54) is 0 Å². The molecule has 0 heterocycles. The summed E-state index contributed by atoms with van der Waals surface area (Å²) in [5.74, 6) is -1.73. The number of ether oxygens (including phenoxy) is 6. The summed E-state index contributed by atoms with van der Waals surface area (Å²) in [6.45, 7) is 5.30. The molecule has 0 unspecified atom stereocenters. The summed E-state index contributed by atoms with van der Waals surface area (Å²) in [5.41, 5.74) is 10.7. The number of amides is 3. The van der Waals surface area contributed by atoms with Crippen molar-refractivity contribution in [1.29, 1.82) is 0 Å². The second-order valence-electron chi connectivity index (χ2n) is 9.15. The van der Waals surface area contributed by atoms with Crippen LogP contribution in [0.15, 0.2) is 0 Å². The van der Waals surface area contributed by atoms with Gasteiger partial charge in [0.05, 0.1) is 85.7 Å². The maximum absolute atomic E-state index is 12.8. The number of nitrogens with two attached hydrogens (primary N) is 2. The second kappa shape index (κ2) is 31.0. The quantitative estimate of drug-likeness (QED) is 0.0452. The first-order valence-corrected chi connectivity index (χ1v) is 14.8. The van der Waals surface area contributed by atoms with Crippen LogP contribution in [0.1, 0.15) is 38.5 Å². The smallest absolute Gasteiger partial charge is 0.305 e. The van der Waals surface area contributed by atoms with Crippen molar-refractivity contribution in [2.45, 2.75) is 44.6 Å². The van der Waals surface area contributed by atoms with Gasteiger partial charge in [0.25, 0.3) is 0 Å². The minimum absolute atomic E-state index is 0.0771. The van der Waals surface area contributed by atoms with Crippen LogP contribution in [0.3, 0.4) is 0 Å². The van der Waals surface area contributed by atoms with Gasteiger partial charge in [0.15, 0.2) is 0 Å². The average molecular weight is 624 g/mol. The van der Waals surface area contributed by atoms with E-state index in [1.54, 1.807) is 0 Å². The van der Waals surface area contributed by atoms with Crippen molar-refractivity contribution >= 4 is 23.7 Å². The molecule has 0 aliphatic carbocycles. The molecule has 0 radical (unpaired) electrons. The zero-order valence-corrected chi connectivity index (χ0v) is 25.3. The topological polar surface area (TPSA) is 232 Å². The number of hydrogen-bond acceptors (Lipinski definition) is 12. The van der Waals surface area contributed by atoms with E-state index in [0.29, 0.717) is 78.5 Å². The number of carboxylic acid groups (broad SMARTS) is 1. The molecule has 0 fully saturated rings. The molecular weight excluding hydrogens is 570 g/mol. The maximum atomic E-state index is 12.8. The first-order valence-electron chi connectivity index (χ1n) is 14.8. The minimum Gasteiger partial charge on any atom is -0.481 e. The van der Waals surface area contributed by atoms with Crippen LogP contribution in [0.2, 0.25) is 0 Å². The predicted molar refractivity (Wildman–Crippen MR) is 156 cm³/mol. The molecular formula is C27H53N5O11. The van der Waals surface area contributed by atoms with Crippen molar-refractivity contribution in [3.05, 3.63) is 0 Å². The standard InChI is InChI=1S/C27H53N5O11/c28-7-14-41-20-17-38-11-4-24(33)30-9-2-1-3-23(32-25(34)5-12-39-18-21-42-15-8-29)27(37)31-10-16-43-22-19-40-13-6-26(35)36/h23H,1-22,28-29H2,(H,30,33)(H,31,37)(H,32,34)(H,35,36)/t23-/m1/s1. The predicted octanol–water partition coefficient (Wildman–Crippen LogP) is -1.85. The molecule has 0 saturated carbocycles. The van der Waals surface area contributed by atoms with Gasteiger partial charge in [0.1, 0.15) is 6.04 Å². The Hall–Kier alpha value is -2.44. The summed E-state index contributed by atoms with van der Waals surface area (Å²) in [4.78, 5) is 47.6. The molecule has 43 heavy (non-hydrogen) atoms. The lowest BCUT2D eigenvalue weighted by molar-refractivity contribution is -0.138. The van der Waals surface area contributed by atoms with E-state index in [9.17, 15) is 19.2 Å². The van der Waals surface area contributed by atoms with E-state index in [0.717, 1.165) is 0 Å². The van der Waals surface area contributed by atoms with Gasteiger partial charge in [-0.3, -0.25) is 19.2 Å². The van der Waals surface area contributed by atoms with Crippen LogP contribution in [0, 0.1) is 0 Å². The van der Waals surface area contributed by atoms with E-state index in [2.05, 4.69) is 16.0 Å². The fourth-order valence-electron chi connectivity index (χ4n) is 3.32. The normalized spacial score (nSPS) is 11.7. The Balaban J connectivity index is 4.33. The number of rotatable bonds is 32. The Morgan fingerprint density at radius 1 is 0.558 bits per heavy atom. The fraction of sp³-hybridized carbons (Fsp3) is 0.852. The highest BCUT2D eigenvalue weighted by atomic mass is 16.5. The Morgan fingerprint density at radius 3 is 1.58 bits per heavy atom. The monoisotopic (exact) mass is 623 g/mol. The zero-order valence-electron chi connectivity index (χ0n) is 25.3. The molecule has 0 spiro atoms. The van der Waals surface area contributed by atoms with Gasteiger partial charge in [-0.15, -0.1) is 0 Å². The highest BCUT2D eigenvalue weighted by molar-refractivity contribution is 5.87. The lowest BCUT2D eigenvalue weighted by Crippen LogP contribution is -2.47. The fourth-order valence-corrected chi connectivity index (χ4v) is 3.32. The highest BCUT2D eigenvalue weighted by Crippen LogP contribution is 2.03. The minimum atomic E-state index is -0.933. The SMILES string of the molecule is NCCOCCOCCC(=O)NCCCC[C@@H](NC(=O)CCOCCOCCN)C(=O)NCCOCCOCCC(=O)O. The second-order valence-corrected chi connectivity index (χ2v) is 9.15. The van der Waals surface area contributed by atoms with Crippen molar-refractivity contribution in [2.24, 2.45) is 11.5 Å². The van der Waals surface area contributed by atoms with Crippen LogP contribution in [0.25, 0.3) is 0 Å². The largest absolute Gasteiger partial charge is 0.481 e. The molecule has 0 aliphatic rings. The van der Waals surface area contributed by atoms with Crippen LogP contribution >= 0.6 is 0 Å². The summed E-state index contributed by atoms with van der Waals surface area (Å²) in [5, 5.41) is 16.9. The molecule has 16 nitrogen and oxygen atoms in total. The van der Waals surface area contributed by atoms with E-state index < -0.39 is 12.0 Å². The van der Waals surface area contributed by atoms with Crippen LogP contribution in [0.4, 0.5) is 0 Å². The summed E-state index contributed by atoms with van der Waals surface area (Å²) >= 11 is 0. The summed E-state index contributed by atoms with van der Waals surface area (Å²) in [7, 11) is 0. The van der Waals surface area contributed by atoms with Crippen LogP contribution < -0.4 is 27.4 Å². The molecule has 252 valence electrons. The third-order valence-corrected chi connectivity index (χ3v) is 5.49. The number of unbranched alkanes of at least 4 members (excludes halogenated alkanes) is 1. The molecule has 0 aromatic carbocycles. The average Bonchev–Trinajstić information content (AvgIpc) is 2.98. The highest BCUT2D eigenvalue weighted by Gasteiger charge is 2.20. The lowest BCUT2D eigenvalue weighted by atomic mass is 10.1. The molecule has 0 aromatic heterocycles. The Kier molecular flexibility index (Phi) is 29.2. The van der Waals surface area contributed by atoms with Crippen LogP contribution in [-0.4, -0.2) is 140 Å². The maximum Gasteiger partial charge on any atom is 0.305 e. The van der Waals surface area contributed by atoms with E-state index in [1.807, 2.05) is 0 Å². The Bertz CT molecular complexity index is 719. The van der Waals surface area contributed by atoms with Gasteiger partial charge in [-0.25, -0.2) is 0 Å². The van der Waals surface area contributed by atoms with Crippen LogP contribution in [0.5, 0.6) is 0 Å². The van der Waals surface area contributed by atoms with Gasteiger partial charge in [0.2, 0.25) is 17.7 Å². The lowest BCUT2D eigenvalue weighted by Gasteiger charge is -2.19. The van der Waals surface area contributed by atoms with E-state index >= 15 is 0 Å². The number of aliphatic carboxylic acids is 1. The molecule has 0 bridgehead atoms. The molecule has 0 aliphatic heterocycles. The summed E-state index contributed by atoms with van der Waals surface area (Å²) in [6.07, 6.45) is 1.83. The third kappa shape index (κ3) is 29.4. The third-order valence-electron chi connectivity index (χ3n) is 5.49. The molecule has 8 N–H and O–H groups in total. The number of hydrogen-bond donors (Lipinski definition) is 6. The van der Waals surface area contributed by atoms with Gasteiger partial charge in [0, 0.05) is 39.0 Å². The van der Waals surface area contributed by atoms with Crippen molar-refractivity contribution in [3.8, 4) is 0 Å². The first-order chi connectivity index (χ1) is 20.9. The van der Waals surface area contributed by atoms with E-state index in [-0.39, 0.29) is 83.2 Å². The Morgan fingerprint density at radius 2 is 1.05 bits per heavy atom. The molecule has 0 saturated heterocycles. The van der Waals surface area contributed by atoms with Gasteiger partial charge in [-0.1, -0.05) is 0 Å². The molecule has 3 amide bonds. The molecule has 0 aromatic rings. The molecule has 0 rings (SSSR count). The number of nitrogens with one attached hydrogen (secondary N) is 3. The first kappa shape index (κ1) is 40.6. The van der Waals surface area contributed by atoms with Gasteiger partial charge in [-0.05, 0) is 19.3 Å². The molecule has 1 atom stereocenters. The van der Waals surface area contributed by atoms with Crippen molar-refractivity contribution in [1.82, 2.24) is 16.0 Å². The summed E-state index contributed by atoms with van der Waals surface area (Å²) < 4.78 is 31.6. The zero-order chi connectivity index (χ0) is 31.8. The van der Waals surface area contributed by atoms with Crippen LogP contribution in [-0.2, 0) is 47.6 Å². The number of carbonyl (C=O) groups is 4. The Labute approximate surface area is 254 Å². The van der Waals surface area contributed by atoms with E-state index in [4.69, 9.17) is 45.0 Å². The van der Waals surface area contributed by atoms with Gasteiger partial charge in [-0.2, -0.15) is 0 Å². The van der Waals surface area contributed by atoms with Gasteiger partial charge < -0.3 is 60.9 Å².